The normalized spacial score (nSPS) is 10.6. The number of para-hydroxylation sites is 1. The number of nitrogens with zero attached hydrogens (tertiary/aromatic N) is 2. The Hall–Kier alpha value is -3.45. The van der Waals surface area contributed by atoms with Crippen LogP contribution in [0.25, 0.3) is 21.6 Å². The summed E-state index contributed by atoms with van der Waals surface area (Å²) in [5.41, 5.74) is 2.65. The van der Waals surface area contributed by atoms with E-state index in [1.54, 1.807) is 11.3 Å². The molecule has 2 aromatic carbocycles. The molecule has 0 radical (unpaired) electrons. The van der Waals surface area contributed by atoms with E-state index in [0.29, 0.717) is 18.1 Å². The Morgan fingerprint density at radius 2 is 1.86 bits per heavy atom. The molecular weight excluding hydrogens is 372 g/mol. The van der Waals surface area contributed by atoms with E-state index in [4.69, 9.17) is 4.98 Å². The van der Waals surface area contributed by atoms with Gasteiger partial charge in [-0.2, -0.15) is 0 Å². The monoisotopic (exact) mass is 390 g/mol. The van der Waals surface area contributed by atoms with E-state index in [2.05, 4.69) is 20.4 Å². The van der Waals surface area contributed by atoms with Crippen molar-refractivity contribution in [1.29, 1.82) is 0 Å². The highest BCUT2D eigenvalue weighted by atomic mass is 32.1. The standard InChI is InChI=1S/C21H18N4O2S/c1-27-21(26)23-15-10-8-14(9-11-15)13-22-19-16-5-2-3-6-17(16)24-20(25-19)18-7-4-12-28-18/h2-12H,13H2,1H3,(H,23,26)(H,22,24,25). The van der Waals surface area contributed by atoms with Crippen LogP contribution in [0.15, 0.2) is 66.0 Å². The maximum absolute atomic E-state index is 11.3. The number of methoxy groups -OCH3 is 1. The summed E-state index contributed by atoms with van der Waals surface area (Å²) in [6.45, 7) is 0.601. The fourth-order valence-electron chi connectivity index (χ4n) is 2.79. The molecule has 28 heavy (non-hydrogen) atoms. The van der Waals surface area contributed by atoms with Crippen LogP contribution in [0, 0.1) is 0 Å². The molecule has 0 bridgehead atoms. The van der Waals surface area contributed by atoms with Crippen molar-refractivity contribution < 1.29 is 9.53 Å². The van der Waals surface area contributed by atoms with E-state index in [9.17, 15) is 4.79 Å². The van der Waals surface area contributed by atoms with Crippen molar-refractivity contribution in [3.05, 3.63) is 71.6 Å². The molecule has 2 aromatic heterocycles. The highest BCUT2D eigenvalue weighted by molar-refractivity contribution is 7.13. The van der Waals surface area contributed by atoms with Gasteiger partial charge in [0.25, 0.3) is 0 Å². The van der Waals surface area contributed by atoms with Crippen molar-refractivity contribution >= 4 is 39.8 Å². The van der Waals surface area contributed by atoms with Crippen molar-refractivity contribution in [3.8, 4) is 10.7 Å². The lowest BCUT2D eigenvalue weighted by molar-refractivity contribution is 0.187. The van der Waals surface area contributed by atoms with E-state index in [1.807, 2.05) is 66.0 Å². The number of hydrogen-bond donors (Lipinski definition) is 2. The van der Waals surface area contributed by atoms with Crippen LogP contribution in [-0.2, 0) is 11.3 Å². The number of nitrogens with one attached hydrogen (secondary N) is 2. The topological polar surface area (TPSA) is 76.1 Å². The summed E-state index contributed by atoms with van der Waals surface area (Å²) < 4.78 is 4.60. The van der Waals surface area contributed by atoms with Crippen LogP contribution >= 0.6 is 11.3 Å². The number of carbonyl (C=O) groups excluding carboxylic acids is 1. The predicted octanol–water partition coefficient (Wildman–Crippen LogP) is 5.15. The van der Waals surface area contributed by atoms with Gasteiger partial charge in [-0.05, 0) is 41.3 Å². The summed E-state index contributed by atoms with van der Waals surface area (Å²) in [7, 11) is 1.34. The third kappa shape index (κ3) is 3.94. The van der Waals surface area contributed by atoms with Crippen LogP contribution in [0.3, 0.4) is 0 Å². The number of benzene rings is 2. The second kappa shape index (κ2) is 8.06. The first-order chi connectivity index (χ1) is 13.7. The van der Waals surface area contributed by atoms with E-state index in [1.165, 1.54) is 7.11 Å². The first kappa shape index (κ1) is 17.9. The third-order valence-corrected chi connectivity index (χ3v) is 5.06. The number of carbonyl (C=O) groups is 1. The maximum Gasteiger partial charge on any atom is 0.411 e. The molecule has 140 valence electrons. The smallest absolute Gasteiger partial charge is 0.411 e. The van der Waals surface area contributed by atoms with E-state index < -0.39 is 6.09 Å². The summed E-state index contributed by atoms with van der Waals surface area (Å²) in [5.74, 6) is 1.51. The van der Waals surface area contributed by atoms with E-state index in [-0.39, 0.29) is 0 Å². The Labute approximate surface area is 166 Å². The number of anilines is 2. The number of thiophene rings is 1. The van der Waals surface area contributed by atoms with Crippen molar-refractivity contribution in [2.75, 3.05) is 17.7 Å². The van der Waals surface area contributed by atoms with Crippen LogP contribution in [-0.4, -0.2) is 23.2 Å². The van der Waals surface area contributed by atoms with Crippen LogP contribution < -0.4 is 10.6 Å². The SMILES string of the molecule is COC(=O)Nc1ccc(CNc2nc(-c3cccs3)nc3ccccc23)cc1. The molecule has 4 rings (SSSR count). The molecule has 0 aliphatic carbocycles. The molecule has 1 amide bonds. The average molecular weight is 390 g/mol. The maximum atomic E-state index is 11.3. The number of aromatic nitrogens is 2. The lowest BCUT2D eigenvalue weighted by atomic mass is 10.2. The van der Waals surface area contributed by atoms with Gasteiger partial charge in [-0.15, -0.1) is 11.3 Å². The van der Waals surface area contributed by atoms with Crippen molar-refractivity contribution in [2.24, 2.45) is 0 Å². The van der Waals surface area contributed by atoms with Gasteiger partial charge in [-0.25, -0.2) is 14.8 Å². The van der Waals surface area contributed by atoms with Crippen molar-refractivity contribution in [3.63, 3.8) is 0 Å². The predicted molar refractivity (Wildman–Crippen MR) is 113 cm³/mol. The first-order valence-corrected chi connectivity index (χ1v) is 9.59. The highest BCUT2D eigenvalue weighted by Gasteiger charge is 2.10. The number of ether oxygens (including phenoxy) is 1. The minimum absolute atomic E-state index is 0.487. The van der Waals surface area contributed by atoms with Gasteiger partial charge in [0.2, 0.25) is 0 Å². The fraction of sp³-hybridized carbons (Fsp3) is 0.0952. The van der Waals surface area contributed by atoms with Crippen molar-refractivity contribution in [1.82, 2.24) is 9.97 Å². The third-order valence-electron chi connectivity index (χ3n) is 4.19. The molecule has 0 saturated carbocycles. The van der Waals surface area contributed by atoms with Gasteiger partial charge in [-0.3, -0.25) is 5.32 Å². The highest BCUT2D eigenvalue weighted by Crippen LogP contribution is 2.27. The second-order valence-electron chi connectivity index (χ2n) is 6.06. The van der Waals surface area contributed by atoms with Crippen LogP contribution in [0.4, 0.5) is 16.3 Å². The Morgan fingerprint density at radius 1 is 1.04 bits per heavy atom. The molecule has 0 spiro atoms. The van der Waals surface area contributed by atoms with Crippen molar-refractivity contribution in [2.45, 2.75) is 6.54 Å². The molecule has 0 fully saturated rings. The number of fused-ring (bicyclic) bond motifs is 1. The van der Waals surface area contributed by atoms with Gasteiger partial charge in [-0.1, -0.05) is 30.3 Å². The zero-order valence-electron chi connectivity index (χ0n) is 15.2. The fourth-order valence-corrected chi connectivity index (χ4v) is 3.45. The van der Waals surface area contributed by atoms with Crippen LogP contribution in [0.2, 0.25) is 0 Å². The molecule has 0 unspecified atom stereocenters. The Morgan fingerprint density at radius 3 is 2.61 bits per heavy atom. The number of amides is 1. The Bertz CT molecular complexity index is 1100. The molecule has 4 aromatic rings. The molecule has 0 atom stereocenters. The van der Waals surface area contributed by atoms with Gasteiger partial charge in [0, 0.05) is 17.6 Å². The molecule has 0 aliphatic rings. The zero-order valence-corrected chi connectivity index (χ0v) is 16.0. The van der Waals surface area contributed by atoms with Gasteiger partial charge >= 0.3 is 6.09 Å². The number of rotatable bonds is 5. The Balaban J connectivity index is 1.56. The molecule has 2 N–H and O–H groups in total. The zero-order chi connectivity index (χ0) is 19.3. The molecule has 2 heterocycles. The lowest BCUT2D eigenvalue weighted by Crippen LogP contribution is -2.11. The van der Waals surface area contributed by atoms with Gasteiger partial charge < -0.3 is 10.1 Å². The van der Waals surface area contributed by atoms with E-state index >= 15 is 0 Å². The minimum Gasteiger partial charge on any atom is -0.453 e. The van der Waals surface area contributed by atoms with Gasteiger partial charge in [0.15, 0.2) is 5.82 Å². The minimum atomic E-state index is -0.487. The van der Waals surface area contributed by atoms with E-state index in [0.717, 1.165) is 27.2 Å². The number of hydrogen-bond acceptors (Lipinski definition) is 6. The molecule has 6 nitrogen and oxygen atoms in total. The summed E-state index contributed by atoms with van der Waals surface area (Å²) in [6.07, 6.45) is -0.487. The molecule has 0 saturated heterocycles. The molecule has 0 aliphatic heterocycles. The Kier molecular flexibility index (Phi) is 5.16. The first-order valence-electron chi connectivity index (χ1n) is 8.71. The largest absolute Gasteiger partial charge is 0.453 e. The summed E-state index contributed by atoms with van der Waals surface area (Å²) in [6, 6.07) is 19.5. The van der Waals surface area contributed by atoms with Gasteiger partial charge in [0.1, 0.15) is 5.82 Å². The molecule has 7 heteroatoms. The van der Waals surface area contributed by atoms with Gasteiger partial charge in [0.05, 0.1) is 17.5 Å². The molecular formula is C21H18N4O2S. The van der Waals surface area contributed by atoms with Crippen LogP contribution in [0.1, 0.15) is 5.56 Å². The van der Waals surface area contributed by atoms with Crippen LogP contribution in [0.5, 0.6) is 0 Å². The summed E-state index contributed by atoms with van der Waals surface area (Å²) in [4.78, 5) is 21.7. The quantitative estimate of drug-likeness (QED) is 0.493. The second-order valence-corrected chi connectivity index (χ2v) is 7.01. The lowest BCUT2D eigenvalue weighted by Gasteiger charge is -2.11. The summed E-state index contributed by atoms with van der Waals surface area (Å²) >= 11 is 1.62. The summed E-state index contributed by atoms with van der Waals surface area (Å²) in [5, 5.41) is 9.06. The average Bonchev–Trinajstić information content (AvgIpc) is 3.27.